The van der Waals surface area contributed by atoms with Crippen molar-refractivity contribution in [2.24, 2.45) is 5.92 Å². The molecule has 0 bridgehead atoms. The molecule has 0 atom stereocenters. The van der Waals surface area contributed by atoms with Crippen molar-refractivity contribution in [1.82, 2.24) is 0 Å². The molecule has 3 nitrogen and oxygen atoms in total. The van der Waals surface area contributed by atoms with Gasteiger partial charge in [0.15, 0.2) is 5.78 Å². The second-order valence-electron chi connectivity index (χ2n) is 4.08. The molecule has 0 saturated carbocycles. The van der Waals surface area contributed by atoms with E-state index < -0.39 is 0 Å². The van der Waals surface area contributed by atoms with E-state index in [4.69, 9.17) is 10.00 Å². The molecule has 0 aliphatic heterocycles. The molecule has 0 N–H and O–H groups in total. The summed E-state index contributed by atoms with van der Waals surface area (Å²) in [5, 5.41) is 9.05. The summed E-state index contributed by atoms with van der Waals surface area (Å²) in [6, 6.07) is 7.37. The van der Waals surface area contributed by atoms with Crippen molar-refractivity contribution in [3.63, 3.8) is 0 Å². The van der Waals surface area contributed by atoms with Gasteiger partial charge < -0.3 is 4.74 Å². The molecule has 0 fully saturated rings. The SMILES string of the molecule is COc1ccc(Br)cc1/C=C(\C#N)C(=O)C(C)C. The van der Waals surface area contributed by atoms with Crippen LogP contribution in [0.4, 0.5) is 0 Å². The highest BCUT2D eigenvalue weighted by Gasteiger charge is 2.14. The maximum Gasteiger partial charge on any atom is 0.175 e. The molecule has 18 heavy (non-hydrogen) atoms. The van der Waals surface area contributed by atoms with Crippen molar-refractivity contribution in [2.75, 3.05) is 7.11 Å². The highest BCUT2D eigenvalue weighted by molar-refractivity contribution is 9.10. The quantitative estimate of drug-likeness (QED) is 0.631. The topological polar surface area (TPSA) is 50.1 Å². The maximum absolute atomic E-state index is 11.8. The molecule has 0 aromatic heterocycles. The lowest BCUT2D eigenvalue weighted by Gasteiger charge is -2.07. The lowest BCUT2D eigenvalue weighted by molar-refractivity contribution is -0.117. The summed E-state index contributed by atoms with van der Waals surface area (Å²) >= 11 is 3.35. The lowest BCUT2D eigenvalue weighted by atomic mass is 10.00. The summed E-state index contributed by atoms with van der Waals surface area (Å²) < 4.78 is 6.06. The van der Waals surface area contributed by atoms with Gasteiger partial charge in [-0.15, -0.1) is 0 Å². The number of carbonyl (C=O) groups is 1. The molecule has 1 aromatic carbocycles. The molecule has 0 unspecified atom stereocenters. The predicted octanol–water partition coefficient (Wildman–Crippen LogP) is 3.59. The zero-order chi connectivity index (χ0) is 13.7. The Kier molecular flexibility index (Phi) is 5.11. The van der Waals surface area contributed by atoms with Crippen molar-refractivity contribution in [1.29, 1.82) is 5.26 Å². The van der Waals surface area contributed by atoms with Crippen molar-refractivity contribution in [3.05, 3.63) is 33.8 Å². The number of carbonyl (C=O) groups excluding carboxylic acids is 1. The number of benzene rings is 1. The van der Waals surface area contributed by atoms with Gasteiger partial charge in [0.2, 0.25) is 0 Å². The number of hydrogen-bond acceptors (Lipinski definition) is 3. The standard InChI is InChI=1S/C14H14BrNO2/c1-9(2)14(17)11(8-16)6-10-7-12(15)4-5-13(10)18-3/h4-7,9H,1-3H3/b11-6+. The number of nitrogens with zero attached hydrogens (tertiary/aromatic N) is 1. The fraction of sp³-hybridized carbons (Fsp3) is 0.286. The number of methoxy groups -OCH3 is 1. The van der Waals surface area contributed by atoms with Crippen LogP contribution in [0.25, 0.3) is 6.08 Å². The molecule has 0 saturated heterocycles. The minimum Gasteiger partial charge on any atom is -0.496 e. The first kappa shape index (κ1) is 14.5. The third-order valence-electron chi connectivity index (χ3n) is 2.40. The van der Waals surface area contributed by atoms with Crippen LogP contribution in [-0.4, -0.2) is 12.9 Å². The Morgan fingerprint density at radius 3 is 2.67 bits per heavy atom. The van der Waals surface area contributed by atoms with Gasteiger partial charge in [-0.2, -0.15) is 5.26 Å². The van der Waals surface area contributed by atoms with Gasteiger partial charge in [-0.1, -0.05) is 29.8 Å². The smallest absolute Gasteiger partial charge is 0.175 e. The Morgan fingerprint density at radius 2 is 2.17 bits per heavy atom. The van der Waals surface area contributed by atoms with Gasteiger partial charge in [0.25, 0.3) is 0 Å². The average Bonchev–Trinajstić information content (AvgIpc) is 2.35. The second kappa shape index (κ2) is 6.36. The third-order valence-corrected chi connectivity index (χ3v) is 2.90. The Balaban J connectivity index is 3.25. The highest BCUT2D eigenvalue weighted by Crippen LogP contribution is 2.25. The molecule has 1 aromatic rings. The van der Waals surface area contributed by atoms with Gasteiger partial charge in [0.1, 0.15) is 11.8 Å². The van der Waals surface area contributed by atoms with Gasteiger partial charge in [-0.05, 0) is 24.3 Å². The molecule has 0 aliphatic rings. The molecular formula is C14H14BrNO2. The van der Waals surface area contributed by atoms with Gasteiger partial charge in [0.05, 0.1) is 12.7 Å². The summed E-state index contributed by atoms with van der Waals surface area (Å²) in [5.74, 6) is 0.260. The van der Waals surface area contributed by atoms with E-state index in [1.54, 1.807) is 33.1 Å². The van der Waals surface area contributed by atoms with E-state index >= 15 is 0 Å². The van der Waals surface area contributed by atoms with Crippen LogP contribution in [0, 0.1) is 17.2 Å². The van der Waals surface area contributed by atoms with Crippen molar-refractivity contribution < 1.29 is 9.53 Å². The van der Waals surface area contributed by atoms with E-state index in [1.807, 2.05) is 18.2 Å². The Labute approximate surface area is 115 Å². The summed E-state index contributed by atoms with van der Waals surface area (Å²) in [7, 11) is 1.55. The summed E-state index contributed by atoms with van der Waals surface area (Å²) in [6.07, 6.45) is 1.56. The predicted molar refractivity (Wildman–Crippen MR) is 74.1 cm³/mol. The largest absolute Gasteiger partial charge is 0.496 e. The molecule has 0 heterocycles. The van der Waals surface area contributed by atoms with Crippen molar-refractivity contribution in [2.45, 2.75) is 13.8 Å². The molecule has 0 spiro atoms. The highest BCUT2D eigenvalue weighted by atomic mass is 79.9. The van der Waals surface area contributed by atoms with Crippen LogP contribution in [0.5, 0.6) is 5.75 Å². The fourth-order valence-corrected chi connectivity index (χ4v) is 1.82. The van der Waals surface area contributed by atoms with Gasteiger partial charge >= 0.3 is 0 Å². The number of rotatable bonds is 4. The molecule has 4 heteroatoms. The van der Waals surface area contributed by atoms with Crippen LogP contribution in [0.15, 0.2) is 28.2 Å². The number of nitriles is 1. The minimum absolute atomic E-state index is 0.140. The van der Waals surface area contributed by atoms with E-state index in [9.17, 15) is 4.79 Å². The van der Waals surface area contributed by atoms with E-state index in [2.05, 4.69) is 15.9 Å². The first-order chi connectivity index (χ1) is 8.49. The molecular weight excluding hydrogens is 294 g/mol. The number of ether oxygens (including phenoxy) is 1. The van der Waals surface area contributed by atoms with Crippen LogP contribution in [0.1, 0.15) is 19.4 Å². The Morgan fingerprint density at radius 1 is 1.50 bits per heavy atom. The molecule has 0 aliphatic carbocycles. The minimum atomic E-state index is -0.200. The molecule has 0 radical (unpaired) electrons. The van der Waals surface area contributed by atoms with Gasteiger partial charge in [-0.3, -0.25) is 4.79 Å². The van der Waals surface area contributed by atoms with Gasteiger partial charge in [0, 0.05) is 16.0 Å². The summed E-state index contributed by atoms with van der Waals surface area (Å²) in [6.45, 7) is 3.54. The molecule has 94 valence electrons. The summed E-state index contributed by atoms with van der Waals surface area (Å²) in [4.78, 5) is 11.8. The monoisotopic (exact) mass is 307 g/mol. The van der Waals surface area contributed by atoms with E-state index in [0.717, 1.165) is 4.47 Å². The average molecular weight is 308 g/mol. The van der Waals surface area contributed by atoms with Gasteiger partial charge in [-0.25, -0.2) is 0 Å². The number of ketones is 1. The Bertz CT molecular complexity index is 527. The van der Waals surface area contributed by atoms with E-state index in [-0.39, 0.29) is 17.3 Å². The number of Topliss-reactive ketones (excluding diaryl/α,β-unsaturated/α-hetero) is 1. The van der Waals surface area contributed by atoms with Crippen LogP contribution in [0.3, 0.4) is 0 Å². The van der Waals surface area contributed by atoms with E-state index in [0.29, 0.717) is 11.3 Å². The lowest BCUT2D eigenvalue weighted by Crippen LogP contribution is -2.08. The van der Waals surface area contributed by atoms with Crippen LogP contribution in [-0.2, 0) is 4.79 Å². The van der Waals surface area contributed by atoms with Crippen molar-refractivity contribution >= 4 is 27.8 Å². The second-order valence-corrected chi connectivity index (χ2v) is 4.99. The summed E-state index contributed by atoms with van der Waals surface area (Å²) in [5.41, 5.74) is 0.846. The normalized spacial score (nSPS) is 11.2. The Hall–Kier alpha value is -1.60. The first-order valence-electron chi connectivity index (χ1n) is 5.49. The number of hydrogen-bond donors (Lipinski definition) is 0. The third kappa shape index (κ3) is 3.44. The number of halogens is 1. The van der Waals surface area contributed by atoms with Crippen molar-refractivity contribution in [3.8, 4) is 11.8 Å². The maximum atomic E-state index is 11.8. The number of allylic oxidation sites excluding steroid dienone is 1. The van der Waals surface area contributed by atoms with E-state index in [1.165, 1.54) is 0 Å². The zero-order valence-corrected chi connectivity index (χ0v) is 12.1. The van der Waals surface area contributed by atoms with Crippen LogP contribution in [0.2, 0.25) is 0 Å². The molecule has 0 amide bonds. The zero-order valence-electron chi connectivity index (χ0n) is 10.5. The van der Waals surface area contributed by atoms with Crippen LogP contribution >= 0.6 is 15.9 Å². The fourth-order valence-electron chi connectivity index (χ4n) is 1.44. The van der Waals surface area contributed by atoms with Crippen LogP contribution < -0.4 is 4.74 Å². The first-order valence-corrected chi connectivity index (χ1v) is 6.28. The molecule has 1 rings (SSSR count).